The van der Waals surface area contributed by atoms with Crippen molar-refractivity contribution in [2.24, 2.45) is 5.73 Å². The van der Waals surface area contributed by atoms with Crippen molar-refractivity contribution in [3.8, 4) is 0 Å². The van der Waals surface area contributed by atoms with Crippen LogP contribution in [0, 0.1) is 0 Å². The molecule has 0 spiro atoms. The zero-order valence-electron chi connectivity index (χ0n) is 10.1. The van der Waals surface area contributed by atoms with E-state index in [1.165, 1.54) is 18.6 Å². The van der Waals surface area contributed by atoms with Crippen molar-refractivity contribution in [3.05, 3.63) is 0 Å². The van der Waals surface area contributed by atoms with E-state index in [0.717, 1.165) is 13.0 Å². The third-order valence-corrected chi connectivity index (χ3v) is 4.32. The Bertz CT molecular complexity index is 218. The standard InChI is InChI=1S/C11H22N2OS.ClH/c1-9(12)4-5-10(14)13-8-11(2)6-3-7-15-11;/h9H,3-8,12H2,1-2H3,(H,13,14);1H. The zero-order valence-corrected chi connectivity index (χ0v) is 11.8. The molecule has 0 radical (unpaired) electrons. The minimum absolute atomic E-state index is 0. The summed E-state index contributed by atoms with van der Waals surface area (Å²) in [5.74, 6) is 1.37. The third kappa shape index (κ3) is 5.97. The lowest BCUT2D eigenvalue weighted by atomic mass is 10.1. The Morgan fingerprint density at radius 1 is 1.62 bits per heavy atom. The second-order valence-electron chi connectivity index (χ2n) is 4.69. The zero-order chi connectivity index (χ0) is 11.3. The number of carbonyl (C=O) groups is 1. The topological polar surface area (TPSA) is 55.1 Å². The Labute approximate surface area is 109 Å². The van der Waals surface area contributed by atoms with Gasteiger partial charge in [-0.1, -0.05) is 0 Å². The van der Waals surface area contributed by atoms with Crippen LogP contribution in [0.3, 0.4) is 0 Å². The fraction of sp³-hybridized carbons (Fsp3) is 0.909. The van der Waals surface area contributed by atoms with Crippen LogP contribution in [0.2, 0.25) is 0 Å². The van der Waals surface area contributed by atoms with Crippen molar-refractivity contribution in [2.45, 2.75) is 50.3 Å². The number of hydrogen-bond acceptors (Lipinski definition) is 3. The number of nitrogens with two attached hydrogens (primary N) is 1. The molecule has 0 aliphatic carbocycles. The maximum absolute atomic E-state index is 11.5. The molecular formula is C11H23ClN2OS. The van der Waals surface area contributed by atoms with Gasteiger partial charge in [-0.25, -0.2) is 0 Å². The molecule has 96 valence electrons. The van der Waals surface area contributed by atoms with Gasteiger partial charge in [0.05, 0.1) is 0 Å². The van der Waals surface area contributed by atoms with Crippen molar-refractivity contribution in [1.82, 2.24) is 5.32 Å². The van der Waals surface area contributed by atoms with E-state index in [4.69, 9.17) is 5.73 Å². The van der Waals surface area contributed by atoms with E-state index in [-0.39, 0.29) is 29.1 Å². The first kappa shape index (κ1) is 16.1. The van der Waals surface area contributed by atoms with Crippen LogP contribution >= 0.6 is 24.2 Å². The summed E-state index contributed by atoms with van der Waals surface area (Å²) in [7, 11) is 0. The lowest BCUT2D eigenvalue weighted by Gasteiger charge is -2.22. The smallest absolute Gasteiger partial charge is 0.220 e. The van der Waals surface area contributed by atoms with Crippen LogP contribution in [-0.4, -0.2) is 29.0 Å². The predicted octanol–water partition coefficient (Wildman–Crippen LogP) is 1.94. The van der Waals surface area contributed by atoms with Crippen LogP contribution in [-0.2, 0) is 4.79 Å². The van der Waals surface area contributed by atoms with E-state index in [2.05, 4.69) is 12.2 Å². The molecule has 2 unspecified atom stereocenters. The number of nitrogens with one attached hydrogen (secondary N) is 1. The molecule has 1 rings (SSSR count). The summed E-state index contributed by atoms with van der Waals surface area (Å²) in [4.78, 5) is 11.5. The van der Waals surface area contributed by atoms with Gasteiger partial charge in [0, 0.05) is 23.8 Å². The van der Waals surface area contributed by atoms with Gasteiger partial charge < -0.3 is 11.1 Å². The predicted molar refractivity (Wildman–Crippen MR) is 73.2 cm³/mol. The number of carbonyl (C=O) groups excluding carboxylic acids is 1. The summed E-state index contributed by atoms with van der Waals surface area (Å²) in [5.41, 5.74) is 5.60. The molecule has 0 saturated carbocycles. The summed E-state index contributed by atoms with van der Waals surface area (Å²) < 4.78 is 0.268. The van der Waals surface area contributed by atoms with Gasteiger partial charge in [0.15, 0.2) is 0 Å². The third-order valence-electron chi connectivity index (χ3n) is 2.79. The number of hydrogen-bond donors (Lipinski definition) is 2. The lowest BCUT2D eigenvalue weighted by Crippen LogP contribution is -2.37. The highest BCUT2D eigenvalue weighted by atomic mass is 35.5. The van der Waals surface area contributed by atoms with Crippen molar-refractivity contribution < 1.29 is 4.79 Å². The highest BCUT2D eigenvalue weighted by Gasteiger charge is 2.29. The van der Waals surface area contributed by atoms with Gasteiger partial charge in [0.1, 0.15) is 0 Å². The summed E-state index contributed by atoms with van der Waals surface area (Å²) >= 11 is 1.97. The molecule has 1 aliphatic rings. The average molecular weight is 267 g/mol. The van der Waals surface area contributed by atoms with E-state index < -0.39 is 0 Å². The van der Waals surface area contributed by atoms with Crippen LogP contribution in [0.5, 0.6) is 0 Å². The molecule has 1 amide bonds. The van der Waals surface area contributed by atoms with E-state index in [1.807, 2.05) is 18.7 Å². The molecule has 1 aliphatic heterocycles. The summed E-state index contributed by atoms with van der Waals surface area (Å²) in [6, 6.07) is 0.118. The molecule has 1 heterocycles. The van der Waals surface area contributed by atoms with Crippen LogP contribution < -0.4 is 11.1 Å². The largest absolute Gasteiger partial charge is 0.355 e. The second kappa shape index (κ2) is 7.41. The Balaban J connectivity index is 0.00000225. The number of thioether (sulfide) groups is 1. The van der Waals surface area contributed by atoms with Gasteiger partial charge in [0.2, 0.25) is 5.91 Å². The molecule has 0 aromatic rings. The van der Waals surface area contributed by atoms with Crippen LogP contribution in [0.15, 0.2) is 0 Å². The average Bonchev–Trinajstić information content (AvgIpc) is 2.60. The number of rotatable bonds is 5. The molecule has 3 N–H and O–H groups in total. The van der Waals surface area contributed by atoms with Crippen molar-refractivity contribution in [2.75, 3.05) is 12.3 Å². The van der Waals surface area contributed by atoms with Gasteiger partial charge in [0.25, 0.3) is 0 Å². The summed E-state index contributed by atoms with van der Waals surface area (Å²) in [6.45, 7) is 4.97. The van der Waals surface area contributed by atoms with E-state index in [9.17, 15) is 4.79 Å². The molecule has 3 nitrogen and oxygen atoms in total. The number of amides is 1. The van der Waals surface area contributed by atoms with Gasteiger partial charge in [-0.2, -0.15) is 11.8 Å². The fourth-order valence-corrected chi connectivity index (χ4v) is 2.95. The first-order chi connectivity index (χ1) is 7.02. The lowest BCUT2D eigenvalue weighted by molar-refractivity contribution is -0.121. The molecule has 1 saturated heterocycles. The highest BCUT2D eigenvalue weighted by molar-refractivity contribution is 8.00. The summed E-state index contributed by atoms with van der Waals surface area (Å²) in [5, 5.41) is 3.01. The first-order valence-electron chi connectivity index (χ1n) is 5.68. The maximum atomic E-state index is 11.5. The fourth-order valence-electron chi connectivity index (χ4n) is 1.71. The molecule has 5 heteroatoms. The van der Waals surface area contributed by atoms with Crippen molar-refractivity contribution in [3.63, 3.8) is 0 Å². The molecule has 0 aromatic carbocycles. The molecular weight excluding hydrogens is 244 g/mol. The minimum Gasteiger partial charge on any atom is -0.355 e. The Hall–Kier alpha value is 0.0700. The molecule has 16 heavy (non-hydrogen) atoms. The maximum Gasteiger partial charge on any atom is 0.220 e. The molecule has 2 atom stereocenters. The summed E-state index contributed by atoms with van der Waals surface area (Å²) in [6.07, 6.45) is 3.82. The van der Waals surface area contributed by atoms with Crippen LogP contribution in [0.25, 0.3) is 0 Å². The van der Waals surface area contributed by atoms with Gasteiger partial charge in [-0.15, -0.1) is 12.4 Å². The monoisotopic (exact) mass is 266 g/mol. The van der Waals surface area contributed by atoms with E-state index in [0.29, 0.717) is 6.42 Å². The first-order valence-corrected chi connectivity index (χ1v) is 6.67. The second-order valence-corrected chi connectivity index (χ2v) is 6.38. The van der Waals surface area contributed by atoms with Crippen molar-refractivity contribution in [1.29, 1.82) is 0 Å². The highest BCUT2D eigenvalue weighted by Crippen LogP contribution is 2.36. The molecule has 0 aromatic heterocycles. The van der Waals surface area contributed by atoms with E-state index in [1.54, 1.807) is 0 Å². The minimum atomic E-state index is 0. The normalized spacial score (nSPS) is 25.9. The van der Waals surface area contributed by atoms with Gasteiger partial charge in [-0.3, -0.25) is 4.79 Å². The molecule has 1 fully saturated rings. The van der Waals surface area contributed by atoms with E-state index >= 15 is 0 Å². The van der Waals surface area contributed by atoms with Crippen LogP contribution in [0.1, 0.15) is 39.5 Å². The Kier molecular flexibility index (Phi) is 7.44. The van der Waals surface area contributed by atoms with Gasteiger partial charge in [-0.05, 0) is 38.9 Å². The number of halogens is 1. The van der Waals surface area contributed by atoms with Crippen LogP contribution in [0.4, 0.5) is 0 Å². The Morgan fingerprint density at radius 3 is 2.81 bits per heavy atom. The SMILES string of the molecule is CC(N)CCC(=O)NCC1(C)CCCS1.Cl. The quantitative estimate of drug-likeness (QED) is 0.800. The van der Waals surface area contributed by atoms with Crippen molar-refractivity contribution >= 4 is 30.1 Å². The Morgan fingerprint density at radius 2 is 2.31 bits per heavy atom. The van der Waals surface area contributed by atoms with Gasteiger partial charge >= 0.3 is 0 Å². The molecule has 0 bridgehead atoms.